The van der Waals surface area contributed by atoms with Crippen molar-refractivity contribution in [1.29, 1.82) is 0 Å². The largest absolute Gasteiger partial charge is 0.272 e. The van der Waals surface area contributed by atoms with E-state index in [0.717, 1.165) is 25.8 Å². The maximum absolute atomic E-state index is 12.5. The number of amides is 1. The average Bonchev–Trinajstić information content (AvgIpc) is 3.14. The first-order valence-electron chi connectivity index (χ1n) is 6.72. The van der Waals surface area contributed by atoms with Gasteiger partial charge >= 0.3 is 0 Å². The predicted molar refractivity (Wildman–Crippen MR) is 68.8 cm³/mol. The highest BCUT2D eigenvalue weighted by atomic mass is 16.7. The number of carbonyl (C=O) groups excluding carboxylic acids is 1. The number of carbonyl (C=O) groups is 1. The van der Waals surface area contributed by atoms with Gasteiger partial charge in [-0.25, -0.2) is 5.06 Å². The normalized spacial score (nSPS) is 31.2. The van der Waals surface area contributed by atoms with Crippen LogP contribution in [0.25, 0.3) is 0 Å². The number of hydroxylamine groups is 2. The quantitative estimate of drug-likeness (QED) is 0.801. The molecule has 1 aliphatic heterocycles. The van der Waals surface area contributed by atoms with Crippen LogP contribution in [-0.4, -0.2) is 24.1 Å². The Bertz CT molecular complexity index is 439. The summed E-state index contributed by atoms with van der Waals surface area (Å²) in [5.41, 5.74) is 1.02. The van der Waals surface area contributed by atoms with E-state index in [2.05, 4.69) is 19.1 Å². The summed E-state index contributed by atoms with van der Waals surface area (Å²) < 4.78 is 0. The zero-order valence-electron chi connectivity index (χ0n) is 10.8. The fraction of sp³-hybridized carbons (Fsp3) is 0.533. The number of hydrogen-bond acceptors (Lipinski definition) is 2. The molecule has 2 aliphatic rings. The summed E-state index contributed by atoms with van der Waals surface area (Å²) in [7, 11) is 0. The molecule has 1 heterocycles. The average molecular weight is 245 g/mol. The maximum Gasteiger partial charge on any atom is 0.252 e. The fourth-order valence-corrected chi connectivity index (χ4v) is 2.81. The van der Waals surface area contributed by atoms with E-state index in [1.54, 1.807) is 5.06 Å². The Morgan fingerprint density at radius 3 is 2.78 bits per heavy atom. The molecule has 1 aromatic rings. The van der Waals surface area contributed by atoms with Crippen molar-refractivity contribution in [2.75, 3.05) is 13.2 Å². The molecule has 2 unspecified atom stereocenters. The molecule has 1 aromatic carbocycles. The summed E-state index contributed by atoms with van der Waals surface area (Å²) in [6.07, 6.45) is 3.05. The van der Waals surface area contributed by atoms with Crippen molar-refractivity contribution in [3.63, 3.8) is 0 Å². The van der Waals surface area contributed by atoms with Crippen LogP contribution in [0.2, 0.25) is 0 Å². The second-order valence-corrected chi connectivity index (χ2v) is 5.53. The number of nitrogens with zero attached hydrogens (tertiary/aromatic N) is 1. The lowest BCUT2D eigenvalue weighted by Crippen LogP contribution is -2.40. The van der Waals surface area contributed by atoms with Crippen LogP contribution < -0.4 is 0 Å². The highest BCUT2D eigenvalue weighted by Crippen LogP contribution is 2.60. The molecule has 0 spiro atoms. The summed E-state index contributed by atoms with van der Waals surface area (Å²) in [4.78, 5) is 17.9. The van der Waals surface area contributed by atoms with Gasteiger partial charge in [-0.1, -0.05) is 37.3 Å². The third-order valence-electron chi connectivity index (χ3n) is 4.16. The lowest BCUT2D eigenvalue weighted by molar-refractivity contribution is -0.202. The third-order valence-corrected chi connectivity index (χ3v) is 4.16. The van der Waals surface area contributed by atoms with Crippen LogP contribution in [-0.2, 0) is 9.63 Å². The van der Waals surface area contributed by atoms with E-state index in [-0.39, 0.29) is 11.3 Å². The van der Waals surface area contributed by atoms with Gasteiger partial charge in [-0.15, -0.1) is 0 Å². The summed E-state index contributed by atoms with van der Waals surface area (Å²) in [6.45, 7) is 3.48. The molecule has 2 atom stereocenters. The summed E-state index contributed by atoms with van der Waals surface area (Å²) in [5, 5.41) is 1.59. The number of rotatable bonds is 2. The topological polar surface area (TPSA) is 29.5 Å². The summed E-state index contributed by atoms with van der Waals surface area (Å²) in [6, 6.07) is 10.3. The fourth-order valence-electron chi connectivity index (χ4n) is 2.81. The monoisotopic (exact) mass is 245 g/mol. The molecule has 0 bridgehead atoms. The summed E-state index contributed by atoms with van der Waals surface area (Å²) in [5.74, 6) is 0.521. The number of benzene rings is 1. The van der Waals surface area contributed by atoms with E-state index in [1.807, 2.05) is 18.2 Å². The molecule has 0 aromatic heterocycles. The van der Waals surface area contributed by atoms with Crippen molar-refractivity contribution in [2.45, 2.75) is 32.1 Å². The Labute approximate surface area is 108 Å². The van der Waals surface area contributed by atoms with Gasteiger partial charge in [0, 0.05) is 6.54 Å². The predicted octanol–water partition coefficient (Wildman–Crippen LogP) is 2.73. The van der Waals surface area contributed by atoms with Gasteiger partial charge in [-0.3, -0.25) is 9.63 Å². The Balaban J connectivity index is 1.72. The first kappa shape index (κ1) is 11.7. The Kier molecular flexibility index (Phi) is 2.86. The molecule has 3 heteroatoms. The Morgan fingerprint density at radius 2 is 2.11 bits per heavy atom. The molecule has 1 amide bonds. The van der Waals surface area contributed by atoms with Gasteiger partial charge < -0.3 is 0 Å². The standard InChI is InChI=1S/C15H19NO2/c1-15(14(17)16-9-5-6-10-18-16)11-13(15)12-7-3-2-4-8-12/h2-4,7-8,13H,5-6,9-11H2,1H3. The van der Waals surface area contributed by atoms with Crippen LogP contribution in [0.15, 0.2) is 30.3 Å². The zero-order chi connectivity index (χ0) is 12.6. The molecular weight excluding hydrogens is 226 g/mol. The van der Waals surface area contributed by atoms with E-state index >= 15 is 0 Å². The van der Waals surface area contributed by atoms with Gasteiger partial charge in [0.25, 0.3) is 5.91 Å². The van der Waals surface area contributed by atoms with E-state index in [0.29, 0.717) is 12.5 Å². The van der Waals surface area contributed by atoms with Gasteiger partial charge in [0.15, 0.2) is 0 Å². The van der Waals surface area contributed by atoms with E-state index in [9.17, 15) is 4.79 Å². The molecule has 3 rings (SSSR count). The molecule has 1 aliphatic carbocycles. The SMILES string of the molecule is CC1(C(=O)N2CCCCO2)CC1c1ccccc1. The minimum atomic E-state index is -0.251. The van der Waals surface area contributed by atoms with Crippen LogP contribution in [0.1, 0.15) is 37.7 Å². The Morgan fingerprint density at radius 1 is 1.33 bits per heavy atom. The molecule has 0 N–H and O–H groups in total. The molecule has 0 radical (unpaired) electrons. The van der Waals surface area contributed by atoms with Crippen LogP contribution >= 0.6 is 0 Å². The Hall–Kier alpha value is -1.35. The first-order chi connectivity index (χ1) is 8.72. The van der Waals surface area contributed by atoms with Gasteiger partial charge in [0.2, 0.25) is 0 Å². The molecule has 2 fully saturated rings. The van der Waals surface area contributed by atoms with Crippen molar-refractivity contribution in [3.05, 3.63) is 35.9 Å². The van der Waals surface area contributed by atoms with Crippen LogP contribution in [0, 0.1) is 5.41 Å². The van der Waals surface area contributed by atoms with Crippen molar-refractivity contribution in [1.82, 2.24) is 5.06 Å². The molecule has 3 nitrogen and oxygen atoms in total. The van der Waals surface area contributed by atoms with Crippen molar-refractivity contribution in [3.8, 4) is 0 Å². The smallest absolute Gasteiger partial charge is 0.252 e. The highest BCUT2D eigenvalue weighted by Gasteiger charge is 2.58. The minimum absolute atomic E-state index is 0.163. The van der Waals surface area contributed by atoms with Crippen molar-refractivity contribution < 1.29 is 9.63 Å². The maximum atomic E-state index is 12.5. The third kappa shape index (κ3) is 1.93. The second kappa shape index (κ2) is 4.39. The lowest BCUT2D eigenvalue weighted by atomic mass is 10.00. The zero-order valence-corrected chi connectivity index (χ0v) is 10.8. The molecule has 1 saturated carbocycles. The van der Waals surface area contributed by atoms with E-state index < -0.39 is 0 Å². The van der Waals surface area contributed by atoms with Crippen LogP contribution in [0.3, 0.4) is 0 Å². The van der Waals surface area contributed by atoms with E-state index in [1.165, 1.54) is 5.56 Å². The second-order valence-electron chi connectivity index (χ2n) is 5.53. The summed E-state index contributed by atoms with van der Waals surface area (Å²) >= 11 is 0. The van der Waals surface area contributed by atoms with Gasteiger partial charge in [-0.05, 0) is 30.7 Å². The van der Waals surface area contributed by atoms with Gasteiger partial charge in [0.1, 0.15) is 0 Å². The first-order valence-corrected chi connectivity index (χ1v) is 6.72. The lowest BCUT2D eigenvalue weighted by Gasteiger charge is -2.28. The minimum Gasteiger partial charge on any atom is -0.272 e. The van der Waals surface area contributed by atoms with Crippen LogP contribution in [0.5, 0.6) is 0 Å². The van der Waals surface area contributed by atoms with E-state index in [4.69, 9.17) is 4.84 Å². The molecule has 1 saturated heterocycles. The van der Waals surface area contributed by atoms with Crippen LogP contribution in [0.4, 0.5) is 0 Å². The van der Waals surface area contributed by atoms with Crippen molar-refractivity contribution in [2.24, 2.45) is 5.41 Å². The highest BCUT2D eigenvalue weighted by molar-refractivity contribution is 5.86. The van der Waals surface area contributed by atoms with Crippen molar-refractivity contribution >= 4 is 5.91 Å². The molecular formula is C15H19NO2. The molecule has 96 valence electrons. The van der Waals surface area contributed by atoms with Gasteiger partial charge in [0.05, 0.1) is 12.0 Å². The molecule has 18 heavy (non-hydrogen) atoms. The number of hydrogen-bond donors (Lipinski definition) is 0. The van der Waals surface area contributed by atoms with Gasteiger partial charge in [-0.2, -0.15) is 0 Å².